The van der Waals surface area contributed by atoms with Gasteiger partial charge in [-0.15, -0.1) is 0 Å². The molecule has 3 rings (SSSR count). The highest BCUT2D eigenvalue weighted by molar-refractivity contribution is 6.41. The maximum absolute atomic E-state index is 12.4. The van der Waals surface area contributed by atoms with Crippen LogP contribution in [0.5, 0.6) is 5.75 Å². The third-order valence-corrected chi connectivity index (χ3v) is 4.35. The molecule has 1 aliphatic carbocycles. The van der Waals surface area contributed by atoms with E-state index in [2.05, 4.69) is 4.90 Å². The molecule has 0 radical (unpaired) electrons. The quantitative estimate of drug-likeness (QED) is 0.689. The van der Waals surface area contributed by atoms with E-state index in [1.807, 2.05) is 19.9 Å². The Morgan fingerprint density at radius 2 is 1.54 bits per heavy atom. The molecule has 0 atom stereocenters. The summed E-state index contributed by atoms with van der Waals surface area (Å²) in [5, 5.41) is 10.3. The van der Waals surface area contributed by atoms with Crippen molar-refractivity contribution in [2.75, 3.05) is 18.0 Å². The van der Waals surface area contributed by atoms with Crippen LogP contribution in [0, 0.1) is 0 Å². The average Bonchev–Trinajstić information content (AvgIpc) is 2.83. The Kier molecular flexibility index (Phi) is 4.21. The number of rotatable bonds is 4. The van der Waals surface area contributed by atoms with Crippen LogP contribution in [0.3, 0.4) is 0 Å². The third-order valence-electron chi connectivity index (χ3n) is 4.35. The van der Waals surface area contributed by atoms with Gasteiger partial charge in [-0.2, -0.15) is 0 Å². The largest absolute Gasteiger partial charge is 0.507 e. The van der Waals surface area contributed by atoms with Crippen molar-refractivity contribution in [3.05, 3.63) is 64.7 Å². The van der Waals surface area contributed by atoms with E-state index in [1.54, 1.807) is 36.4 Å². The fourth-order valence-electron chi connectivity index (χ4n) is 3.00. The fourth-order valence-corrected chi connectivity index (χ4v) is 3.00. The predicted octanol–water partition coefficient (Wildman–Crippen LogP) is 3.70. The monoisotopic (exact) mass is 321 g/mol. The van der Waals surface area contributed by atoms with Gasteiger partial charge in [0.1, 0.15) is 5.75 Å². The van der Waals surface area contributed by atoms with Gasteiger partial charge in [0, 0.05) is 41.5 Å². The average molecular weight is 321 g/mol. The molecule has 0 unspecified atom stereocenters. The fraction of sp³-hybridized carbons (Fsp3) is 0.200. The molecule has 4 heteroatoms. The van der Waals surface area contributed by atoms with Crippen molar-refractivity contribution in [1.29, 1.82) is 0 Å². The van der Waals surface area contributed by atoms with Gasteiger partial charge in [0.25, 0.3) is 0 Å². The van der Waals surface area contributed by atoms with E-state index < -0.39 is 0 Å². The van der Waals surface area contributed by atoms with E-state index in [-0.39, 0.29) is 22.9 Å². The number of ketones is 2. The molecule has 122 valence electrons. The Bertz CT molecular complexity index is 811. The molecule has 2 aromatic rings. The molecule has 0 heterocycles. The first kappa shape index (κ1) is 16.0. The van der Waals surface area contributed by atoms with Crippen molar-refractivity contribution in [1.82, 2.24) is 0 Å². The van der Waals surface area contributed by atoms with E-state index in [1.165, 1.54) is 6.08 Å². The minimum atomic E-state index is -0.289. The Labute approximate surface area is 141 Å². The SMILES string of the molecule is CCN(CC)c1ccc(C=C2C(=O)c3ccccc3C2=O)c(O)c1. The highest BCUT2D eigenvalue weighted by atomic mass is 16.3. The number of phenols is 1. The van der Waals surface area contributed by atoms with Gasteiger partial charge in [0.2, 0.25) is 0 Å². The van der Waals surface area contributed by atoms with Crippen LogP contribution < -0.4 is 4.90 Å². The number of carbonyl (C=O) groups excluding carboxylic acids is 2. The minimum absolute atomic E-state index is 0.0588. The maximum Gasteiger partial charge on any atom is 0.197 e. The lowest BCUT2D eigenvalue weighted by Gasteiger charge is -2.21. The van der Waals surface area contributed by atoms with Crippen LogP contribution >= 0.6 is 0 Å². The standard InChI is InChI=1S/C20H19NO3/c1-3-21(4-2)14-10-9-13(18(22)12-14)11-17-19(23)15-7-5-6-8-16(15)20(17)24/h5-12,22H,3-4H2,1-2H3. The summed E-state index contributed by atoms with van der Waals surface area (Å²) in [6.45, 7) is 5.76. The maximum atomic E-state index is 12.4. The van der Waals surface area contributed by atoms with Crippen molar-refractivity contribution < 1.29 is 14.7 Å². The summed E-state index contributed by atoms with van der Waals surface area (Å²) in [4.78, 5) is 26.9. The van der Waals surface area contributed by atoms with Gasteiger partial charge in [-0.25, -0.2) is 0 Å². The number of aromatic hydroxyl groups is 1. The Balaban J connectivity index is 1.98. The highest BCUT2D eigenvalue weighted by Crippen LogP contribution is 2.31. The lowest BCUT2D eigenvalue weighted by molar-refractivity contribution is 0.0990. The number of benzene rings is 2. The summed E-state index contributed by atoms with van der Waals surface area (Å²) in [6, 6.07) is 12.1. The summed E-state index contributed by atoms with van der Waals surface area (Å²) in [7, 11) is 0. The van der Waals surface area contributed by atoms with Crippen LogP contribution in [-0.2, 0) is 0 Å². The second-order valence-electron chi connectivity index (χ2n) is 5.68. The van der Waals surface area contributed by atoms with Gasteiger partial charge in [-0.1, -0.05) is 24.3 Å². The lowest BCUT2D eigenvalue weighted by atomic mass is 10.1. The van der Waals surface area contributed by atoms with Crippen molar-refractivity contribution in [2.24, 2.45) is 0 Å². The van der Waals surface area contributed by atoms with Crippen LogP contribution in [-0.4, -0.2) is 29.8 Å². The molecule has 0 aliphatic heterocycles. The Morgan fingerprint density at radius 3 is 2.04 bits per heavy atom. The number of carbonyl (C=O) groups is 2. The zero-order valence-electron chi connectivity index (χ0n) is 13.7. The zero-order valence-corrected chi connectivity index (χ0v) is 13.7. The van der Waals surface area contributed by atoms with Crippen molar-refractivity contribution in [3.63, 3.8) is 0 Å². The summed E-state index contributed by atoms with van der Waals surface area (Å²) in [5.74, 6) is -0.519. The normalized spacial score (nSPS) is 13.2. The van der Waals surface area contributed by atoms with Crippen molar-refractivity contribution in [2.45, 2.75) is 13.8 Å². The van der Waals surface area contributed by atoms with Crippen LogP contribution in [0.25, 0.3) is 6.08 Å². The second-order valence-corrected chi connectivity index (χ2v) is 5.68. The number of fused-ring (bicyclic) bond motifs is 1. The minimum Gasteiger partial charge on any atom is -0.507 e. The van der Waals surface area contributed by atoms with Gasteiger partial charge >= 0.3 is 0 Å². The van der Waals surface area contributed by atoms with Gasteiger partial charge in [0.15, 0.2) is 11.6 Å². The summed E-state index contributed by atoms with van der Waals surface area (Å²) in [6.07, 6.45) is 1.48. The number of hydrogen-bond acceptors (Lipinski definition) is 4. The molecular formula is C20H19NO3. The number of anilines is 1. The first-order chi connectivity index (χ1) is 11.6. The molecule has 0 amide bonds. The number of phenolic OH excluding ortho intramolecular Hbond substituents is 1. The van der Waals surface area contributed by atoms with E-state index in [0.29, 0.717) is 16.7 Å². The first-order valence-electron chi connectivity index (χ1n) is 8.04. The molecule has 0 fully saturated rings. The molecule has 0 saturated carbocycles. The van der Waals surface area contributed by atoms with Crippen LogP contribution in [0.4, 0.5) is 5.69 Å². The molecule has 0 bridgehead atoms. The van der Waals surface area contributed by atoms with Crippen LogP contribution in [0.1, 0.15) is 40.1 Å². The molecule has 24 heavy (non-hydrogen) atoms. The summed E-state index contributed by atoms with van der Waals surface area (Å²) >= 11 is 0. The van der Waals surface area contributed by atoms with Crippen LogP contribution in [0.2, 0.25) is 0 Å². The molecule has 2 aromatic carbocycles. The number of hydrogen-bond donors (Lipinski definition) is 1. The predicted molar refractivity (Wildman–Crippen MR) is 94.7 cm³/mol. The number of Topliss-reactive ketones (excluding diaryl/α,β-unsaturated/α-hetero) is 2. The van der Waals surface area contributed by atoms with Gasteiger partial charge in [-0.3, -0.25) is 9.59 Å². The van der Waals surface area contributed by atoms with Crippen LogP contribution in [0.15, 0.2) is 48.0 Å². The molecule has 0 saturated heterocycles. The van der Waals surface area contributed by atoms with Gasteiger partial charge in [-0.05, 0) is 32.1 Å². The van der Waals surface area contributed by atoms with E-state index in [9.17, 15) is 14.7 Å². The Hall–Kier alpha value is -2.88. The smallest absolute Gasteiger partial charge is 0.197 e. The third kappa shape index (κ3) is 2.60. The zero-order chi connectivity index (χ0) is 17.3. The molecule has 0 aromatic heterocycles. The number of allylic oxidation sites excluding steroid dienone is 1. The lowest BCUT2D eigenvalue weighted by Crippen LogP contribution is -2.21. The summed E-state index contributed by atoms with van der Waals surface area (Å²) in [5.41, 5.74) is 2.32. The summed E-state index contributed by atoms with van der Waals surface area (Å²) < 4.78 is 0. The topological polar surface area (TPSA) is 57.6 Å². The van der Waals surface area contributed by atoms with Gasteiger partial charge in [0.05, 0.1) is 5.57 Å². The number of nitrogens with zero attached hydrogens (tertiary/aromatic N) is 1. The molecular weight excluding hydrogens is 302 g/mol. The first-order valence-corrected chi connectivity index (χ1v) is 8.04. The highest BCUT2D eigenvalue weighted by Gasteiger charge is 2.32. The van der Waals surface area contributed by atoms with Crippen molar-refractivity contribution >= 4 is 23.3 Å². The van der Waals surface area contributed by atoms with Crippen molar-refractivity contribution in [3.8, 4) is 5.75 Å². The van der Waals surface area contributed by atoms with E-state index >= 15 is 0 Å². The van der Waals surface area contributed by atoms with Gasteiger partial charge < -0.3 is 10.0 Å². The molecule has 4 nitrogen and oxygen atoms in total. The molecule has 1 aliphatic rings. The molecule has 0 spiro atoms. The van der Waals surface area contributed by atoms with E-state index in [0.717, 1.165) is 18.8 Å². The van der Waals surface area contributed by atoms with E-state index in [4.69, 9.17) is 0 Å². The molecule has 1 N–H and O–H groups in total. The Morgan fingerprint density at radius 1 is 0.958 bits per heavy atom. The second kappa shape index (κ2) is 6.32.